The summed E-state index contributed by atoms with van der Waals surface area (Å²) in [4.78, 5) is 11.7. The molecule has 0 unspecified atom stereocenters. The zero-order valence-corrected chi connectivity index (χ0v) is 11.4. The Kier molecular flexibility index (Phi) is 2.98. The molecule has 0 atom stereocenters. The van der Waals surface area contributed by atoms with Crippen LogP contribution in [-0.2, 0) is 11.8 Å². The summed E-state index contributed by atoms with van der Waals surface area (Å²) in [6.45, 7) is 8.79. The number of hydrogen-bond acceptors (Lipinski definition) is 4. The van der Waals surface area contributed by atoms with Crippen molar-refractivity contribution in [3.8, 4) is 0 Å². The highest BCUT2D eigenvalue weighted by molar-refractivity contribution is 5.39. The Bertz CT molecular complexity index is 433. The Hall–Kier alpha value is -1.16. The number of nitrogens with zero attached hydrogens (tertiary/aromatic N) is 3. The summed E-state index contributed by atoms with van der Waals surface area (Å²) in [7, 11) is 0. The van der Waals surface area contributed by atoms with Crippen LogP contribution >= 0.6 is 0 Å². The molecule has 4 nitrogen and oxygen atoms in total. The first-order valence-corrected chi connectivity index (χ1v) is 6.99. The normalized spacial score (nSPS) is 22.7. The Morgan fingerprint density at radius 2 is 2.17 bits per heavy atom. The van der Waals surface area contributed by atoms with Crippen LogP contribution in [0.15, 0.2) is 6.20 Å². The monoisotopic (exact) mass is 246 g/mol. The summed E-state index contributed by atoms with van der Waals surface area (Å²) >= 11 is 0. The van der Waals surface area contributed by atoms with Crippen LogP contribution in [0.3, 0.4) is 0 Å². The summed E-state index contributed by atoms with van der Waals surface area (Å²) in [5.41, 5.74) is 2.83. The van der Waals surface area contributed by atoms with E-state index in [1.165, 1.54) is 24.1 Å². The van der Waals surface area contributed by atoms with Gasteiger partial charge in [-0.05, 0) is 31.4 Å². The van der Waals surface area contributed by atoms with Gasteiger partial charge in [0.05, 0.1) is 5.69 Å². The second kappa shape index (κ2) is 4.50. The highest BCUT2D eigenvalue weighted by Gasteiger charge is 2.32. The van der Waals surface area contributed by atoms with Crippen LogP contribution in [0.5, 0.6) is 0 Å². The molecular formula is C14H22N4. The number of aromatic nitrogens is 2. The molecule has 1 fully saturated rings. The molecule has 1 aliphatic carbocycles. The number of anilines is 1. The largest absolute Gasteiger partial charge is 0.339 e. The second-order valence-corrected chi connectivity index (χ2v) is 6.02. The van der Waals surface area contributed by atoms with E-state index in [1.54, 1.807) is 0 Å². The molecule has 4 heteroatoms. The molecule has 1 aromatic heterocycles. The molecule has 98 valence electrons. The van der Waals surface area contributed by atoms with E-state index in [9.17, 15) is 0 Å². The van der Waals surface area contributed by atoms with Crippen LogP contribution in [0.1, 0.15) is 37.9 Å². The van der Waals surface area contributed by atoms with Gasteiger partial charge in [0.25, 0.3) is 0 Å². The zero-order chi connectivity index (χ0) is 12.6. The van der Waals surface area contributed by atoms with Crippen molar-refractivity contribution in [1.82, 2.24) is 15.3 Å². The average molecular weight is 246 g/mol. The lowest BCUT2D eigenvalue weighted by Crippen LogP contribution is -2.30. The molecule has 0 aromatic carbocycles. The van der Waals surface area contributed by atoms with Crippen LogP contribution in [0.4, 0.5) is 5.95 Å². The maximum absolute atomic E-state index is 4.86. The number of rotatable bonds is 1. The van der Waals surface area contributed by atoms with Crippen molar-refractivity contribution >= 4 is 5.95 Å². The van der Waals surface area contributed by atoms with Gasteiger partial charge >= 0.3 is 0 Å². The molecular weight excluding hydrogens is 224 g/mol. The van der Waals surface area contributed by atoms with Crippen LogP contribution in [0.2, 0.25) is 0 Å². The lowest BCUT2D eigenvalue weighted by Gasteiger charge is -2.23. The van der Waals surface area contributed by atoms with Gasteiger partial charge in [0, 0.05) is 31.2 Å². The lowest BCUT2D eigenvalue weighted by molar-refractivity contribution is 0.508. The first-order chi connectivity index (χ1) is 8.67. The highest BCUT2D eigenvalue weighted by atomic mass is 15.3. The third-order valence-electron chi connectivity index (χ3n) is 4.14. The standard InChI is InChI=1S/C14H22N4/c1-14(2)5-4-11-10-16-13(17-12(11)14)18-8-3-6-15-7-9-18/h10,15H,3-9H2,1-2H3. The van der Waals surface area contributed by atoms with Crippen LogP contribution in [0, 0.1) is 0 Å². The van der Waals surface area contributed by atoms with Crippen molar-refractivity contribution in [2.75, 3.05) is 31.1 Å². The fraction of sp³-hybridized carbons (Fsp3) is 0.714. The summed E-state index contributed by atoms with van der Waals surface area (Å²) in [5, 5.41) is 3.42. The van der Waals surface area contributed by atoms with Crippen molar-refractivity contribution in [3.63, 3.8) is 0 Å². The van der Waals surface area contributed by atoms with E-state index in [2.05, 4.69) is 29.0 Å². The molecule has 1 aliphatic heterocycles. The fourth-order valence-electron chi connectivity index (χ4n) is 2.93. The quantitative estimate of drug-likeness (QED) is 0.815. The van der Waals surface area contributed by atoms with Gasteiger partial charge in [-0.2, -0.15) is 0 Å². The maximum atomic E-state index is 4.86. The van der Waals surface area contributed by atoms with Gasteiger partial charge in [-0.1, -0.05) is 13.8 Å². The van der Waals surface area contributed by atoms with Crippen LogP contribution in [0.25, 0.3) is 0 Å². The maximum Gasteiger partial charge on any atom is 0.225 e. The molecule has 3 rings (SSSR count). The molecule has 0 saturated carbocycles. The molecule has 2 aliphatic rings. The van der Waals surface area contributed by atoms with Gasteiger partial charge in [0.2, 0.25) is 5.95 Å². The molecule has 18 heavy (non-hydrogen) atoms. The number of hydrogen-bond donors (Lipinski definition) is 1. The Morgan fingerprint density at radius 3 is 3.06 bits per heavy atom. The average Bonchev–Trinajstić information content (AvgIpc) is 2.59. The first kappa shape index (κ1) is 11.9. The van der Waals surface area contributed by atoms with Gasteiger partial charge in [-0.15, -0.1) is 0 Å². The minimum Gasteiger partial charge on any atom is -0.339 e. The van der Waals surface area contributed by atoms with Crippen molar-refractivity contribution < 1.29 is 0 Å². The summed E-state index contributed by atoms with van der Waals surface area (Å²) in [5.74, 6) is 0.924. The molecule has 0 radical (unpaired) electrons. The Morgan fingerprint density at radius 1 is 1.28 bits per heavy atom. The smallest absolute Gasteiger partial charge is 0.225 e. The van der Waals surface area contributed by atoms with Crippen molar-refractivity contribution in [1.29, 1.82) is 0 Å². The van der Waals surface area contributed by atoms with E-state index in [0.717, 1.165) is 38.5 Å². The molecule has 0 amide bonds. The highest BCUT2D eigenvalue weighted by Crippen LogP contribution is 2.37. The van der Waals surface area contributed by atoms with Crippen LogP contribution < -0.4 is 10.2 Å². The van der Waals surface area contributed by atoms with Gasteiger partial charge in [-0.25, -0.2) is 9.97 Å². The Labute approximate surface area is 109 Å². The minimum absolute atomic E-state index is 0.219. The van der Waals surface area contributed by atoms with Crippen LogP contribution in [-0.4, -0.2) is 36.1 Å². The second-order valence-electron chi connectivity index (χ2n) is 6.02. The van der Waals surface area contributed by atoms with E-state index >= 15 is 0 Å². The summed E-state index contributed by atoms with van der Waals surface area (Å²) < 4.78 is 0. The van der Waals surface area contributed by atoms with Gasteiger partial charge < -0.3 is 10.2 Å². The predicted molar refractivity (Wildman–Crippen MR) is 73.1 cm³/mol. The van der Waals surface area contributed by atoms with Crippen molar-refractivity contribution in [2.24, 2.45) is 0 Å². The number of fused-ring (bicyclic) bond motifs is 1. The minimum atomic E-state index is 0.219. The van der Waals surface area contributed by atoms with E-state index in [4.69, 9.17) is 4.98 Å². The fourth-order valence-corrected chi connectivity index (χ4v) is 2.93. The predicted octanol–water partition coefficient (Wildman–Crippen LogP) is 1.50. The molecule has 1 saturated heterocycles. The lowest BCUT2D eigenvalue weighted by atomic mass is 9.91. The first-order valence-electron chi connectivity index (χ1n) is 6.99. The molecule has 0 bridgehead atoms. The third-order valence-corrected chi connectivity index (χ3v) is 4.14. The molecule has 1 aromatic rings. The molecule has 1 N–H and O–H groups in total. The Balaban J connectivity index is 1.89. The number of nitrogens with one attached hydrogen (secondary N) is 1. The van der Waals surface area contributed by atoms with Crippen molar-refractivity contribution in [2.45, 2.75) is 38.5 Å². The zero-order valence-electron chi connectivity index (χ0n) is 11.4. The summed E-state index contributed by atoms with van der Waals surface area (Å²) in [6, 6.07) is 0. The van der Waals surface area contributed by atoms with Gasteiger partial charge in [0.15, 0.2) is 0 Å². The third kappa shape index (κ3) is 2.09. The van der Waals surface area contributed by atoms with E-state index in [0.29, 0.717) is 0 Å². The van der Waals surface area contributed by atoms with E-state index < -0.39 is 0 Å². The molecule has 2 heterocycles. The van der Waals surface area contributed by atoms with Crippen molar-refractivity contribution in [3.05, 3.63) is 17.5 Å². The van der Waals surface area contributed by atoms with Gasteiger partial charge in [-0.3, -0.25) is 0 Å². The SMILES string of the molecule is CC1(C)CCc2cnc(N3CCCNCC3)nc21. The topological polar surface area (TPSA) is 41.1 Å². The van der Waals surface area contributed by atoms with E-state index in [1.807, 2.05) is 6.20 Å². The molecule has 0 spiro atoms. The summed E-state index contributed by atoms with van der Waals surface area (Å²) in [6.07, 6.45) is 5.54. The van der Waals surface area contributed by atoms with E-state index in [-0.39, 0.29) is 5.41 Å². The number of aryl methyl sites for hydroxylation is 1. The van der Waals surface area contributed by atoms with Gasteiger partial charge in [0.1, 0.15) is 0 Å².